The number of Topliss-reactive ketones (excluding diaryl/α,β-unsaturated/α-hetero) is 1. The van der Waals surface area contributed by atoms with Gasteiger partial charge in [0.25, 0.3) is 0 Å². The van der Waals surface area contributed by atoms with Gasteiger partial charge in [0, 0.05) is 13.3 Å². The second-order valence-electron chi connectivity index (χ2n) is 3.37. The van der Waals surface area contributed by atoms with E-state index in [1.54, 1.807) is 0 Å². The third-order valence-electron chi connectivity index (χ3n) is 1.85. The van der Waals surface area contributed by atoms with Gasteiger partial charge in [0.2, 0.25) is 5.78 Å². The smallest absolute Gasteiger partial charge is 0.374 e. The highest BCUT2D eigenvalue weighted by Crippen LogP contribution is 2.00. The Morgan fingerprint density at radius 2 is 1.62 bits per heavy atom. The Hall–Kier alpha value is -1.39. The number of unbranched alkanes of at least 4 members (excludes halogenated alkanes) is 2. The normalized spacial score (nSPS) is 9.62. The van der Waals surface area contributed by atoms with E-state index in [2.05, 4.69) is 4.74 Å². The highest BCUT2D eigenvalue weighted by molar-refractivity contribution is 6.32. The lowest BCUT2D eigenvalue weighted by atomic mass is 10.2. The van der Waals surface area contributed by atoms with E-state index in [1.807, 2.05) is 6.92 Å². The third kappa shape index (κ3) is 7.96. The van der Waals surface area contributed by atoms with Gasteiger partial charge in [-0.05, 0) is 6.42 Å². The van der Waals surface area contributed by atoms with E-state index in [0.29, 0.717) is 6.42 Å². The van der Waals surface area contributed by atoms with Crippen LogP contribution in [-0.4, -0.2) is 30.9 Å². The van der Waals surface area contributed by atoms with E-state index in [1.165, 1.54) is 0 Å². The van der Waals surface area contributed by atoms with Gasteiger partial charge in [0.1, 0.15) is 13.2 Å². The van der Waals surface area contributed by atoms with Crippen molar-refractivity contribution in [2.75, 3.05) is 13.2 Å². The van der Waals surface area contributed by atoms with Crippen LogP contribution >= 0.6 is 0 Å². The van der Waals surface area contributed by atoms with Gasteiger partial charge < -0.3 is 9.47 Å². The van der Waals surface area contributed by atoms with Gasteiger partial charge in [0.05, 0.1) is 0 Å². The zero-order valence-electron chi connectivity index (χ0n) is 9.78. The fourth-order valence-electron chi connectivity index (χ4n) is 0.983. The molecule has 0 saturated heterocycles. The van der Waals surface area contributed by atoms with Crippen molar-refractivity contribution in [3.63, 3.8) is 0 Å². The van der Waals surface area contributed by atoms with Crippen molar-refractivity contribution >= 4 is 17.7 Å². The quantitative estimate of drug-likeness (QED) is 0.356. The van der Waals surface area contributed by atoms with Gasteiger partial charge in [-0.1, -0.05) is 19.8 Å². The van der Waals surface area contributed by atoms with Gasteiger partial charge in [-0.15, -0.1) is 0 Å². The van der Waals surface area contributed by atoms with E-state index in [0.717, 1.165) is 26.2 Å². The molecule has 5 heteroatoms. The standard InChI is InChI=1S/C11H18O5/c1-3-4-5-6-10(13)15-7-8-16-11(14)9(2)12/h3-8H2,1-2H3. The summed E-state index contributed by atoms with van der Waals surface area (Å²) in [6.07, 6.45) is 3.23. The molecule has 0 aromatic heterocycles. The molecule has 0 aromatic rings. The van der Waals surface area contributed by atoms with Crippen LogP contribution in [0, 0.1) is 0 Å². The molecule has 16 heavy (non-hydrogen) atoms. The molecule has 0 aromatic carbocycles. The first-order chi connectivity index (χ1) is 7.57. The number of ketones is 1. The molecular formula is C11H18O5. The first kappa shape index (κ1) is 14.6. The summed E-state index contributed by atoms with van der Waals surface area (Å²) in [6, 6.07) is 0. The number of hydrogen-bond acceptors (Lipinski definition) is 5. The largest absolute Gasteiger partial charge is 0.462 e. The maximum atomic E-state index is 11.1. The predicted molar refractivity (Wildman–Crippen MR) is 56.7 cm³/mol. The highest BCUT2D eigenvalue weighted by Gasteiger charge is 2.08. The molecule has 0 amide bonds. The van der Waals surface area contributed by atoms with Crippen molar-refractivity contribution in [3.8, 4) is 0 Å². The monoisotopic (exact) mass is 230 g/mol. The van der Waals surface area contributed by atoms with E-state index >= 15 is 0 Å². The topological polar surface area (TPSA) is 69.7 Å². The molecular weight excluding hydrogens is 212 g/mol. The molecule has 0 heterocycles. The maximum Gasteiger partial charge on any atom is 0.374 e. The highest BCUT2D eigenvalue weighted by atomic mass is 16.6. The molecule has 5 nitrogen and oxygen atoms in total. The second-order valence-corrected chi connectivity index (χ2v) is 3.37. The van der Waals surface area contributed by atoms with Crippen LogP contribution in [0.15, 0.2) is 0 Å². The van der Waals surface area contributed by atoms with Crippen molar-refractivity contribution in [1.82, 2.24) is 0 Å². The van der Waals surface area contributed by atoms with E-state index in [4.69, 9.17) is 4.74 Å². The van der Waals surface area contributed by atoms with Crippen LogP contribution in [0.25, 0.3) is 0 Å². The number of carbonyl (C=O) groups excluding carboxylic acids is 3. The molecule has 0 radical (unpaired) electrons. The molecule has 0 saturated carbocycles. The molecule has 0 aliphatic heterocycles. The molecule has 0 atom stereocenters. The minimum atomic E-state index is -0.901. The lowest BCUT2D eigenvalue weighted by molar-refractivity contribution is -0.156. The molecule has 0 spiro atoms. The Labute approximate surface area is 95.1 Å². The van der Waals surface area contributed by atoms with Gasteiger partial charge in [-0.2, -0.15) is 0 Å². The SMILES string of the molecule is CCCCCC(=O)OCCOC(=O)C(C)=O. The fourth-order valence-corrected chi connectivity index (χ4v) is 0.983. The average molecular weight is 230 g/mol. The lowest BCUT2D eigenvalue weighted by Gasteiger charge is -2.04. The summed E-state index contributed by atoms with van der Waals surface area (Å²) in [6.45, 7) is 3.10. The van der Waals surface area contributed by atoms with Crippen LogP contribution in [0.4, 0.5) is 0 Å². The second kappa shape index (κ2) is 8.88. The van der Waals surface area contributed by atoms with Crippen LogP contribution in [0.5, 0.6) is 0 Å². The molecule has 0 aliphatic carbocycles. The number of esters is 2. The minimum Gasteiger partial charge on any atom is -0.462 e. The van der Waals surface area contributed by atoms with Crippen LogP contribution in [0.1, 0.15) is 39.5 Å². The minimum absolute atomic E-state index is 0.00395. The summed E-state index contributed by atoms with van der Waals surface area (Å²) in [7, 11) is 0. The van der Waals surface area contributed by atoms with Crippen molar-refractivity contribution in [2.24, 2.45) is 0 Å². The summed E-state index contributed by atoms with van der Waals surface area (Å²) in [5.74, 6) is -1.86. The van der Waals surface area contributed by atoms with Crippen LogP contribution < -0.4 is 0 Å². The van der Waals surface area contributed by atoms with Gasteiger partial charge >= 0.3 is 11.9 Å². The molecule has 0 N–H and O–H groups in total. The van der Waals surface area contributed by atoms with E-state index in [9.17, 15) is 14.4 Å². The summed E-state index contributed by atoms with van der Waals surface area (Å²) < 4.78 is 9.31. The maximum absolute atomic E-state index is 11.1. The molecule has 0 rings (SSSR count). The van der Waals surface area contributed by atoms with Gasteiger partial charge in [-0.3, -0.25) is 9.59 Å². The summed E-state index contributed by atoms with van der Waals surface area (Å²) in [5.41, 5.74) is 0. The summed E-state index contributed by atoms with van der Waals surface area (Å²) in [5, 5.41) is 0. The zero-order chi connectivity index (χ0) is 12.4. The Kier molecular flexibility index (Phi) is 8.11. The van der Waals surface area contributed by atoms with Crippen LogP contribution in [0.2, 0.25) is 0 Å². The van der Waals surface area contributed by atoms with Crippen molar-refractivity contribution < 1.29 is 23.9 Å². The number of ether oxygens (including phenoxy) is 2. The first-order valence-corrected chi connectivity index (χ1v) is 5.41. The summed E-state index contributed by atoms with van der Waals surface area (Å²) in [4.78, 5) is 32.2. The number of carbonyl (C=O) groups is 3. The molecule has 92 valence electrons. The van der Waals surface area contributed by atoms with Crippen molar-refractivity contribution in [2.45, 2.75) is 39.5 Å². The van der Waals surface area contributed by atoms with Gasteiger partial charge in [0.15, 0.2) is 0 Å². The van der Waals surface area contributed by atoms with Crippen LogP contribution in [0.3, 0.4) is 0 Å². The van der Waals surface area contributed by atoms with Crippen molar-refractivity contribution in [1.29, 1.82) is 0 Å². The first-order valence-electron chi connectivity index (χ1n) is 5.41. The fraction of sp³-hybridized carbons (Fsp3) is 0.727. The molecule has 0 fully saturated rings. The number of hydrogen-bond donors (Lipinski definition) is 0. The zero-order valence-corrected chi connectivity index (χ0v) is 9.78. The molecule has 0 aliphatic rings. The van der Waals surface area contributed by atoms with Crippen LogP contribution in [-0.2, 0) is 23.9 Å². The Balaban J connectivity index is 3.41. The average Bonchev–Trinajstić information content (AvgIpc) is 2.24. The Morgan fingerprint density at radius 1 is 1.00 bits per heavy atom. The lowest BCUT2D eigenvalue weighted by Crippen LogP contribution is -2.18. The Bertz CT molecular complexity index is 247. The van der Waals surface area contributed by atoms with Crippen molar-refractivity contribution in [3.05, 3.63) is 0 Å². The number of rotatable bonds is 8. The van der Waals surface area contributed by atoms with Gasteiger partial charge in [-0.25, -0.2) is 4.79 Å². The van der Waals surface area contributed by atoms with E-state index in [-0.39, 0.29) is 19.2 Å². The Morgan fingerprint density at radius 3 is 2.19 bits per heavy atom. The summed E-state index contributed by atoms with van der Waals surface area (Å²) >= 11 is 0. The molecule has 0 bridgehead atoms. The third-order valence-corrected chi connectivity index (χ3v) is 1.85. The predicted octanol–water partition coefficient (Wildman–Crippen LogP) is 1.24. The van der Waals surface area contributed by atoms with E-state index < -0.39 is 11.8 Å². The molecule has 0 unspecified atom stereocenters.